The van der Waals surface area contributed by atoms with Gasteiger partial charge in [0.1, 0.15) is 0 Å². The van der Waals surface area contributed by atoms with E-state index in [0.717, 1.165) is 55.6 Å². The average molecular weight is 272 g/mol. The standard InChI is InChI=1S/C10H17AsN2O2/c11-9(14)8-4-2-6-13(8)10(15)7-3-1-5-12-7/h7-8,12H,1-6,11H2/t7-,8-/m0/s1. The van der Waals surface area contributed by atoms with E-state index in [-0.39, 0.29) is 22.6 Å². The Hall–Kier alpha value is -0.342. The molecule has 2 saturated heterocycles. The third kappa shape index (κ3) is 2.26. The maximum atomic E-state index is 12.1. The maximum absolute atomic E-state index is 12.1. The Morgan fingerprint density at radius 3 is 2.67 bits per heavy atom. The first-order valence-electron chi connectivity index (χ1n) is 5.53. The van der Waals surface area contributed by atoms with E-state index in [2.05, 4.69) is 5.32 Å². The number of rotatable bonds is 2. The van der Waals surface area contributed by atoms with Gasteiger partial charge in [-0.25, -0.2) is 0 Å². The molecule has 0 saturated carbocycles. The Kier molecular flexibility index (Phi) is 3.47. The van der Waals surface area contributed by atoms with Crippen LogP contribution in [0.4, 0.5) is 0 Å². The molecule has 2 aliphatic heterocycles. The monoisotopic (exact) mass is 272 g/mol. The van der Waals surface area contributed by atoms with Crippen molar-refractivity contribution < 1.29 is 9.59 Å². The van der Waals surface area contributed by atoms with Crippen LogP contribution in [0.1, 0.15) is 25.7 Å². The summed E-state index contributed by atoms with van der Waals surface area (Å²) in [5, 5.41) is 3.20. The summed E-state index contributed by atoms with van der Waals surface area (Å²) in [6.07, 6.45) is 3.82. The van der Waals surface area contributed by atoms with Gasteiger partial charge in [0.2, 0.25) is 0 Å². The summed E-state index contributed by atoms with van der Waals surface area (Å²) in [4.78, 5) is 25.3. The van der Waals surface area contributed by atoms with Crippen molar-refractivity contribution in [1.82, 2.24) is 10.2 Å². The number of hydrogen-bond acceptors (Lipinski definition) is 3. The molecule has 1 amide bonds. The molecular weight excluding hydrogens is 255 g/mol. The van der Waals surface area contributed by atoms with Crippen molar-refractivity contribution in [3.05, 3.63) is 0 Å². The van der Waals surface area contributed by atoms with Crippen LogP contribution in [0.25, 0.3) is 0 Å². The van der Waals surface area contributed by atoms with Crippen molar-refractivity contribution in [2.24, 2.45) is 0 Å². The second kappa shape index (κ2) is 4.67. The third-order valence-electron chi connectivity index (χ3n) is 3.22. The third-order valence-corrected chi connectivity index (χ3v) is 4.03. The zero-order chi connectivity index (χ0) is 10.8. The molecule has 3 atom stereocenters. The summed E-state index contributed by atoms with van der Waals surface area (Å²) in [6, 6.07) is -0.155. The minimum absolute atomic E-state index is 0.0301. The SMILES string of the molecule is O=C([AsH2])[C@@H]1CCCN1C(=O)[C@@H]1CCCN1. The number of nitrogens with zero attached hydrogens (tertiary/aromatic N) is 1. The van der Waals surface area contributed by atoms with Crippen molar-refractivity contribution in [2.75, 3.05) is 13.1 Å². The van der Waals surface area contributed by atoms with Crippen LogP contribution in [0.2, 0.25) is 0 Å². The fraction of sp³-hybridized carbons (Fsp3) is 0.800. The molecule has 5 heteroatoms. The van der Waals surface area contributed by atoms with Crippen LogP contribution in [0.3, 0.4) is 0 Å². The topological polar surface area (TPSA) is 49.4 Å². The van der Waals surface area contributed by atoms with Crippen molar-refractivity contribution in [1.29, 1.82) is 0 Å². The van der Waals surface area contributed by atoms with Crippen LogP contribution in [-0.2, 0) is 9.59 Å². The molecular formula is C10H17AsN2O2. The minimum atomic E-state index is -0.125. The van der Waals surface area contributed by atoms with Crippen molar-refractivity contribution in [2.45, 2.75) is 37.8 Å². The van der Waals surface area contributed by atoms with E-state index in [9.17, 15) is 9.59 Å². The van der Waals surface area contributed by atoms with E-state index in [4.69, 9.17) is 0 Å². The van der Waals surface area contributed by atoms with Gasteiger partial charge in [0, 0.05) is 0 Å². The fourth-order valence-corrected chi connectivity index (χ4v) is 3.15. The second-order valence-corrected chi connectivity index (χ2v) is 5.43. The van der Waals surface area contributed by atoms with Crippen LogP contribution < -0.4 is 5.32 Å². The molecule has 0 aromatic heterocycles. The van der Waals surface area contributed by atoms with Crippen LogP contribution in [0.5, 0.6) is 0 Å². The summed E-state index contributed by atoms with van der Waals surface area (Å²) < 4.78 is 0.186. The first kappa shape index (κ1) is 11.2. The molecule has 2 heterocycles. The van der Waals surface area contributed by atoms with Gasteiger partial charge in [0.05, 0.1) is 0 Å². The van der Waals surface area contributed by atoms with Gasteiger partial charge in [-0.15, -0.1) is 0 Å². The van der Waals surface area contributed by atoms with Crippen LogP contribution in [0, 0.1) is 0 Å². The molecule has 2 rings (SSSR count). The average Bonchev–Trinajstić information content (AvgIpc) is 2.88. The molecule has 1 unspecified atom stereocenters. The molecule has 15 heavy (non-hydrogen) atoms. The molecule has 0 aromatic carbocycles. The van der Waals surface area contributed by atoms with Crippen molar-refractivity contribution in [3.8, 4) is 0 Å². The Balaban J connectivity index is 2.02. The molecule has 0 aliphatic carbocycles. The number of carbonyl (C=O) groups excluding carboxylic acids is 2. The van der Waals surface area contributed by atoms with Crippen LogP contribution in [-0.4, -0.2) is 57.4 Å². The van der Waals surface area contributed by atoms with E-state index in [1.807, 2.05) is 0 Å². The molecule has 0 bridgehead atoms. The van der Waals surface area contributed by atoms with E-state index in [1.54, 1.807) is 4.90 Å². The zero-order valence-corrected chi connectivity index (χ0v) is 11.2. The van der Waals surface area contributed by atoms with Gasteiger partial charge in [0.15, 0.2) is 0 Å². The van der Waals surface area contributed by atoms with Gasteiger partial charge in [0.25, 0.3) is 0 Å². The Morgan fingerprint density at radius 1 is 1.27 bits per heavy atom. The second-order valence-electron chi connectivity index (χ2n) is 4.24. The summed E-state index contributed by atoms with van der Waals surface area (Å²) >= 11 is 1.12. The molecule has 0 radical (unpaired) electrons. The molecule has 0 spiro atoms. The Morgan fingerprint density at radius 2 is 2.07 bits per heavy atom. The fourth-order valence-electron chi connectivity index (χ4n) is 2.42. The van der Waals surface area contributed by atoms with Crippen LogP contribution in [0.15, 0.2) is 0 Å². The quantitative estimate of drug-likeness (QED) is 0.648. The van der Waals surface area contributed by atoms with Crippen molar-refractivity contribution in [3.63, 3.8) is 0 Å². The molecule has 2 fully saturated rings. The Labute approximate surface area is 98.3 Å². The predicted molar refractivity (Wildman–Crippen MR) is 59.3 cm³/mol. The molecule has 84 valence electrons. The summed E-state index contributed by atoms with van der Waals surface area (Å²) in [5.74, 6) is 0.140. The van der Waals surface area contributed by atoms with Gasteiger partial charge in [-0.1, -0.05) is 0 Å². The molecule has 2 aliphatic rings. The van der Waals surface area contributed by atoms with Gasteiger partial charge in [-0.3, -0.25) is 0 Å². The number of carbonyl (C=O) groups is 2. The van der Waals surface area contributed by atoms with Gasteiger partial charge in [-0.05, 0) is 0 Å². The molecule has 1 N–H and O–H groups in total. The van der Waals surface area contributed by atoms with E-state index < -0.39 is 0 Å². The van der Waals surface area contributed by atoms with Gasteiger partial charge in [-0.2, -0.15) is 0 Å². The first-order chi connectivity index (χ1) is 7.20. The summed E-state index contributed by atoms with van der Waals surface area (Å²) in [5.41, 5.74) is 0. The first-order valence-corrected chi connectivity index (χ1v) is 6.74. The van der Waals surface area contributed by atoms with Gasteiger partial charge < -0.3 is 0 Å². The summed E-state index contributed by atoms with van der Waals surface area (Å²) in [6.45, 7) is 1.69. The molecule has 4 nitrogen and oxygen atoms in total. The van der Waals surface area contributed by atoms with E-state index in [1.165, 1.54) is 0 Å². The molecule has 0 aromatic rings. The number of nitrogens with one attached hydrogen (secondary N) is 1. The van der Waals surface area contributed by atoms with E-state index >= 15 is 0 Å². The zero-order valence-electron chi connectivity index (χ0n) is 8.74. The van der Waals surface area contributed by atoms with E-state index in [0.29, 0.717) is 0 Å². The number of likely N-dealkylation sites (tertiary alicyclic amines) is 1. The number of amides is 1. The Bertz CT molecular complexity index is 277. The normalized spacial score (nSPS) is 30.9. The summed E-state index contributed by atoms with van der Waals surface area (Å²) in [7, 11) is 0. The van der Waals surface area contributed by atoms with Gasteiger partial charge >= 0.3 is 98.0 Å². The predicted octanol–water partition coefficient (Wildman–Crippen LogP) is -1.11. The van der Waals surface area contributed by atoms with Crippen LogP contribution >= 0.6 is 0 Å². The van der Waals surface area contributed by atoms with Crippen molar-refractivity contribution >= 4 is 27.3 Å². The number of hydrogen-bond donors (Lipinski definition) is 1.